The van der Waals surface area contributed by atoms with Crippen LogP contribution in [0.2, 0.25) is 0 Å². The van der Waals surface area contributed by atoms with Crippen LogP contribution in [0, 0.1) is 11.8 Å². The predicted octanol–water partition coefficient (Wildman–Crippen LogP) is 2.48. The number of aromatic hydroxyl groups is 3. The summed E-state index contributed by atoms with van der Waals surface area (Å²) in [7, 11) is 8.38. The minimum atomic E-state index is -1.72. The highest BCUT2D eigenvalue weighted by Crippen LogP contribution is 2.47. The van der Waals surface area contributed by atoms with Crippen LogP contribution in [0.3, 0.4) is 0 Å². The standard InChI is InChI=1S/C39H48O17/c1-47-24-10-19(11-25(48-2)32(24)41)7-8-31(40)53-18-30-35(44)36(45)37(46)39(56-30)55-17-23-22(9-20-12-26(49-3)33(42)27(13-20)50-4)16-54-38(23)21-14-28(51-5)34(43)29(15-21)52-6/h7-8,10-15,22-23,30,35-39,41-46H,9,16-18H2,1-6H3/b8-7+/t22-,23-,30+,35+,36-,37+,38+,39+/m0/s1. The minimum Gasteiger partial charge on any atom is -0.502 e. The molecule has 2 aliphatic heterocycles. The fraction of sp³-hybridized carbons (Fsp3) is 0.462. The molecular formula is C39H48O17. The van der Waals surface area contributed by atoms with Gasteiger partial charge in [-0.1, -0.05) is 0 Å². The zero-order chi connectivity index (χ0) is 40.7. The second kappa shape index (κ2) is 18.6. The van der Waals surface area contributed by atoms with Crippen LogP contribution in [-0.4, -0.2) is 130 Å². The number of phenolic OH excluding ortho intramolecular Hbond substituents is 3. The van der Waals surface area contributed by atoms with Crippen molar-refractivity contribution in [1.82, 2.24) is 0 Å². The van der Waals surface area contributed by atoms with Gasteiger partial charge in [0.05, 0.1) is 62.0 Å². The fourth-order valence-corrected chi connectivity index (χ4v) is 6.73. The second-order valence-electron chi connectivity index (χ2n) is 13.1. The molecule has 0 spiro atoms. The number of carbonyl (C=O) groups excluding carboxylic acids is 1. The third-order valence-electron chi connectivity index (χ3n) is 9.78. The van der Waals surface area contributed by atoms with Crippen molar-refractivity contribution in [2.24, 2.45) is 11.8 Å². The lowest BCUT2D eigenvalue weighted by atomic mass is 9.84. The number of ether oxygens (including phenoxy) is 10. The SMILES string of the molecule is COc1cc(/C=C/C(=O)OC[C@H]2O[C@@H](OC[C@H]3[C@@H](Cc4cc(OC)c(O)c(OC)c4)CO[C@@H]3c3cc(OC)c(O)c(OC)c3)[C@H](O)[C@@H](O)[C@@H]2O)cc(OC)c1O. The first-order chi connectivity index (χ1) is 26.9. The van der Waals surface area contributed by atoms with Gasteiger partial charge in [0.15, 0.2) is 40.8 Å². The monoisotopic (exact) mass is 788 g/mol. The molecule has 0 bridgehead atoms. The van der Waals surface area contributed by atoms with E-state index in [1.807, 2.05) is 0 Å². The van der Waals surface area contributed by atoms with Crippen LogP contribution in [0.4, 0.5) is 0 Å². The first-order valence-electron chi connectivity index (χ1n) is 17.5. The number of aliphatic hydroxyl groups is 3. The van der Waals surface area contributed by atoms with Gasteiger partial charge in [-0.25, -0.2) is 4.79 Å². The van der Waals surface area contributed by atoms with Crippen molar-refractivity contribution in [2.45, 2.75) is 43.2 Å². The number of rotatable bonds is 16. The maximum absolute atomic E-state index is 12.7. The Bertz CT molecular complexity index is 1770. The quantitative estimate of drug-likeness (QED) is 0.0905. The van der Waals surface area contributed by atoms with Crippen LogP contribution in [0.1, 0.15) is 22.8 Å². The zero-order valence-electron chi connectivity index (χ0n) is 31.7. The highest BCUT2D eigenvalue weighted by Gasteiger charge is 2.46. The minimum absolute atomic E-state index is 0.105. The number of hydrogen-bond donors (Lipinski definition) is 6. The van der Waals surface area contributed by atoms with Gasteiger partial charge in [-0.2, -0.15) is 0 Å². The molecule has 17 heteroatoms. The Morgan fingerprint density at radius 3 is 1.71 bits per heavy atom. The van der Waals surface area contributed by atoms with Gasteiger partial charge in [0.25, 0.3) is 0 Å². The van der Waals surface area contributed by atoms with Crippen LogP contribution in [-0.2, 0) is 30.2 Å². The highest BCUT2D eigenvalue weighted by molar-refractivity contribution is 5.87. The van der Waals surface area contributed by atoms with E-state index in [-0.39, 0.29) is 70.9 Å². The van der Waals surface area contributed by atoms with Gasteiger partial charge >= 0.3 is 5.97 Å². The molecule has 5 rings (SSSR count). The van der Waals surface area contributed by atoms with Crippen molar-refractivity contribution in [3.63, 3.8) is 0 Å². The van der Waals surface area contributed by atoms with E-state index in [1.165, 1.54) is 60.9 Å². The van der Waals surface area contributed by atoms with Crippen LogP contribution in [0.25, 0.3) is 6.08 Å². The van der Waals surface area contributed by atoms with Crippen LogP contribution >= 0.6 is 0 Å². The molecule has 8 atom stereocenters. The Morgan fingerprint density at radius 1 is 0.696 bits per heavy atom. The van der Waals surface area contributed by atoms with Crippen LogP contribution < -0.4 is 28.4 Å². The molecule has 17 nitrogen and oxygen atoms in total. The van der Waals surface area contributed by atoms with Gasteiger partial charge in [-0.3, -0.25) is 0 Å². The van der Waals surface area contributed by atoms with Crippen molar-refractivity contribution in [2.75, 3.05) is 62.5 Å². The molecule has 0 amide bonds. The van der Waals surface area contributed by atoms with Crippen LogP contribution in [0.15, 0.2) is 42.5 Å². The van der Waals surface area contributed by atoms with E-state index in [0.717, 1.165) is 11.6 Å². The van der Waals surface area contributed by atoms with Crippen molar-refractivity contribution in [3.8, 4) is 51.7 Å². The Kier molecular flexibility index (Phi) is 14.0. The number of phenols is 3. The Morgan fingerprint density at radius 2 is 1.20 bits per heavy atom. The van der Waals surface area contributed by atoms with Crippen molar-refractivity contribution in [3.05, 3.63) is 59.2 Å². The average molecular weight is 789 g/mol. The summed E-state index contributed by atoms with van der Waals surface area (Å²) in [5.74, 6) is -1.11. The summed E-state index contributed by atoms with van der Waals surface area (Å²) in [6, 6.07) is 9.55. The van der Waals surface area contributed by atoms with E-state index in [1.54, 1.807) is 24.3 Å². The van der Waals surface area contributed by atoms with E-state index < -0.39 is 55.3 Å². The van der Waals surface area contributed by atoms with Gasteiger partial charge in [-0.05, 0) is 71.5 Å². The van der Waals surface area contributed by atoms with Gasteiger partial charge in [-0.15, -0.1) is 0 Å². The average Bonchev–Trinajstić information content (AvgIpc) is 3.60. The normalized spacial score (nSPS) is 24.8. The molecule has 0 saturated carbocycles. The smallest absolute Gasteiger partial charge is 0.330 e. The van der Waals surface area contributed by atoms with E-state index >= 15 is 0 Å². The molecule has 6 N–H and O–H groups in total. The maximum atomic E-state index is 12.7. The summed E-state index contributed by atoms with van der Waals surface area (Å²) in [6.45, 7) is -0.376. The lowest BCUT2D eigenvalue weighted by molar-refractivity contribution is -0.304. The zero-order valence-corrected chi connectivity index (χ0v) is 31.7. The summed E-state index contributed by atoms with van der Waals surface area (Å²) in [5.41, 5.74) is 1.80. The molecule has 306 valence electrons. The fourth-order valence-electron chi connectivity index (χ4n) is 6.73. The number of carbonyl (C=O) groups is 1. The lowest BCUT2D eigenvalue weighted by Gasteiger charge is -2.40. The van der Waals surface area contributed by atoms with E-state index in [2.05, 4.69) is 0 Å². The molecule has 2 fully saturated rings. The molecule has 3 aromatic carbocycles. The third-order valence-corrected chi connectivity index (χ3v) is 9.78. The Hall–Kier alpha value is -5.17. The molecule has 2 heterocycles. The maximum Gasteiger partial charge on any atom is 0.330 e. The summed E-state index contributed by atoms with van der Waals surface area (Å²) in [5, 5.41) is 63.6. The van der Waals surface area contributed by atoms with Crippen LogP contribution in [0.5, 0.6) is 51.7 Å². The second-order valence-corrected chi connectivity index (χ2v) is 13.1. The molecule has 2 saturated heterocycles. The van der Waals surface area contributed by atoms with Crippen molar-refractivity contribution in [1.29, 1.82) is 0 Å². The summed E-state index contributed by atoms with van der Waals surface area (Å²) in [4.78, 5) is 12.7. The molecule has 2 aliphatic rings. The summed E-state index contributed by atoms with van der Waals surface area (Å²) < 4.78 is 55.4. The van der Waals surface area contributed by atoms with Gasteiger partial charge in [0.1, 0.15) is 31.0 Å². The molecule has 0 aliphatic carbocycles. The molecule has 56 heavy (non-hydrogen) atoms. The number of hydrogen-bond acceptors (Lipinski definition) is 17. The molecule has 0 radical (unpaired) electrons. The molecule has 0 unspecified atom stereocenters. The predicted molar refractivity (Wildman–Crippen MR) is 196 cm³/mol. The van der Waals surface area contributed by atoms with E-state index in [4.69, 9.17) is 47.4 Å². The first-order valence-corrected chi connectivity index (χ1v) is 17.5. The Labute approximate surface area is 323 Å². The van der Waals surface area contributed by atoms with Crippen molar-refractivity contribution < 1.29 is 82.8 Å². The van der Waals surface area contributed by atoms with E-state index in [0.29, 0.717) is 17.5 Å². The summed E-state index contributed by atoms with van der Waals surface area (Å²) in [6.07, 6.45) is -5.56. The first kappa shape index (κ1) is 42.0. The van der Waals surface area contributed by atoms with E-state index in [9.17, 15) is 35.4 Å². The molecule has 0 aromatic heterocycles. The Balaban J connectivity index is 1.33. The lowest BCUT2D eigenvalue weighted by Crippen LogP contribution is -2.59. The largest absolute Gasteiger partial charge is 0.502 e. The number of methoxy groups -OCH3 is 6. The van der Waals surface area contributed by atoms with Gasteiger partial charge in [0, 0.05) is 12.0 Å². The number of aliphatic hydroxyl groups excluding tert-OH is 3. The summed E-state index contributed by atoms with van der Waals surface area (Å²) >= 11 is 0. The van der Waals surface area contributed by atoms with Gasteiger partial charge < -0.3 is 78.0 Å². The number of benzene rings is 3. The third kappa shape index (κ3) is 9.09. The highest BCUT2D eigenvalue weighted by atomic mass is 16.7. The number of esters is 1. The van der Waals surface area contributed by atoms with Crippen molar-refractivity contribution >= 4 is 12.0 Å². The molecular weight excluding hydrogens is 740 g/mol. The van der Waals surface area contributed by atoms with Gasteiger partial charge in [0.2, 0.25) is 17.2 Å². The molecule has 3 aromatic rings. The topological polar surface area (TPSA) is 231 Å².